The van der Waals surface area contributed by atoms with Gasteiger partial charge in [0.15, 0.2) is 0 Å². The summed E-state index contributed by atoms with van der Waals surface area (Å²) < 4.78 is 6.96. The lowest BCUT2D eigenvalue weighted by atomic mass is 10.2. The minimum atomic E-state index is -0.414. The third-order valence-electron chi connectivity index (χ3n) is 4.03. The molecule has 7 nitrogen and oxygen atoms in total. The quantitative estimate of drug-likeness (QED) is 0.610. The van der Waals surface area contributed by atoms with E-state index in [4.69, 9.17) is 4.42 Å². The standard InChI is InChI=1S/C17H14N4O3S/c1-3-21-16(22)11-9(2)12(25-15(11)18-17(21)23)14-20-19-13(24-14)10-7-5-4-6-8-10/h4-8H,3H2,1-2H3,(H,18,23). The molecular formula is C17H14N4O3S. The lowest BCUT2D eigenvalue weighted by Crippen LogP contribution is -2.34. The van der Waals surface area contributed by atoms with Crippen LogP contribution in [0.3, 0.4) is 0 Å². The van der Waals surface area contributed by atoms with Crippen molar-refractivity contribution >= 4 is 21.6 Å². The van der Waals surface area contributed by atoms with Crippen LogP contribution < -0.4 is 11.2 Å². The third-order valence-corrected chi connectivity index (χ3v) is 5.22. The van der Waals surface area contributed by atoms with Gasteiger partial charge in [-0.2, -0.15) is 0 Å². The van der Waals surface area contributed by atoms with Crippen molar-refractivity contribution in [2.24, 2.45) is 0 Å². The average Bonchev–Trinajstić information content (AvgIpc) is 3.21. The lowest BCUT2D eigenvalue weighted by molar-refractivity contribution is 0.586. The molecule has 0 unspecified atom stereocenters. The first-order chi connectivity index (χ1) is 12.1. The van der Waals surface area contributed by atoms with Gasteiger partial charge in [-0.3, -0.25) is 14.3 Å². The molecule has 0 aliphatic carbocycles. The first-order valence-electron chi connectivity index (χ1n) is 7.75. The Kier molecular flexibility index (Phi) is 3.61. The van der Waals surface area contributed by atoms with Crippen molar-refractivity contribution in [3.05, 3.63) is 56.7 Å². The van der Waals surface area contributed by atoms with Crippen LogP contribution in [0.4, 0.5) is 0 Å². The summed E-state index contributed by atoms with van der Waals surface area (Å²) in [5, 5.41) is 8.68. The van der Waals surface area contributed by atoms with Crippen LogP contribution in [-0.4, -0.2) is 19.7 Å². The number of H-pyrrole nitrogens is 1. The molecule has 0 amide bonds. The van der Waals surface area contributed by atoms with E-state index in [0.29, 0.717) is 33.4 Å². The number of hydrogen-bond donors (Lipinski definition) is 1. The number of aryl methyl sites for hydroxylation is 1. The van der Waals surface area contributed by atoms with Crippen LogP contribution >= 0.6 is 11.3 Å². The van der Waals surface area contributed by atoms with E-state index < -0.39 is 5.69 Å². The normalized spacial score (nSPS) is 11.3. The molecule has 1 N–H and O–H groups in total. The summed E-state index contributed by atoms with van der Waals surface area (Å²) in [6.07, 6.45) is 0. The number of hydrogen-bond acceptors (Lipinski definition) is 6. The fraction of sp³-hybridized carbons (Fsp3) is 0.176. The largest absolute Gasteiger partial charge is 0.415 e. The molecule has 0 spiro atoms. The molecule has 25 heavy (non-hydrogen) atoms. The van der Waals surface area contributed by atoms with Crippen molar-refractivity contribution in [2.45, 2.75) is 20.4 Å². The molecule has 3 aromatic heterocycles. The number of thiophene rings is 1. The number of nitrogens with one attached hydrogen (secondary N) is 1. The van der Waals surface area contributed by atoms with E-state index in [0.717, 1.165) is 11.1 Å². The van der Waals surface area contributed by atoms with Gasteiger partial charge in [-0.1, -0.05) is 18.2 Å². The molecule has 8 heteroatoms. The maximum absolute atomic E-state index is 12.6. The maximum atomic E-state index is 12.6. The number of fused-ring (bicyclic) bond motifs is 1. The van der Waals surface area contributed by atoms with Crippen molar-refractivity contribution < 1.29 is 4.42 Å². The van der Waals surface area contributed by atoms with Gasteiger partial charge >= 0.3 is 5.69 Å². The molecule has 0 saturated carbocycles. The van der Waals surface area contributed by atoms with Gasteiger partial charge in [-0.15, -0.1) is 21.5 Å². The number of benzene rings is 1. The predicted molar refractivity (Wildman–Crippen MR) is 95.8 cm³/mol. The maximum Gasteiger partial charge on any atom is 0.329 e. The Morgan fingerprint density at radius 1 is 1.16 bits per heavy atom. The summed E-state index contributed by atoms with van der Waals surface area (Å²) in [5.41, 5.74) is 0.834. The van der Waals surface area contributed by atoms with Gasteiger partial charge in [0.05, 0.1) is 10.3 Å². The van der Waals surface area contributed by atoms with E-state index in [9.17, 15) is 9.59 Å². The van der Waals surface area contributed by atoms with Crippen LogP contribution in [-0.2, 0) is 6.54 Å². The second-order valence-electron chi connectivity index (χ2n) is 5.52. The minimum absolute atomic E-state index is 0.302. The van der Waals surface area contributed by atoms with Gasteiger partial charge in [0, 0.05) is 12.1 Å². The molecular weight excluding hydrogens is 340 g/mol. The zero-order valence-corrected chi connectivity index (χ0v) is 14.4. The Morgan fingerprint density at radius 2 is 1.88 bits per heavy atom. The predicted octanol–water partition coefficient (Wildman–Crippen LogP) is 2.80. The summed E-state index contributed by atoms with van der Waals surface area (Å²) in [4.78, 5) is 28.5. The molecule has 3 heterocycles. The molecule has 4 rings (SSSR count). The molecule has 4 aromatic rings. The van der Waals surface area contributed by atoms with Crippen molar-refractivity contribution in [3.63, 3.8) is 0 Å². The number of rotatable bonds is 3. The Bertz CT molecular complexity index is 1180. The smallest absolute Gasteiger partial charge is 0.329 e. The molecule has 0 radical (unpaired) electrons. The Morgan fingerprint density at radius 3 is 2.60 bits per heavy atom. The molecule has 0 bridgehead atoms. The van der Waals surface area contributed by atoms with E-state index in [1.54, 1.807) is 6.92 Å². The first-order valence-corrected chi connectivity index (χ1v) is 8.57. The lowest BCUT2D eigenvalue weighted by Gasteiger charge is -2.00. The monoisotopic (exact) mass is 354 g/mol. The van der Waals surface area contributed by atoms with Crippen LogP contribution in [0.2, 0.25) is 0 Å². The van der Waals surface area contributed by atoms with Gasteiger partial charge in [0.1, 0.15) is 4.83 Å². The van der Waals surface area contributed by atoms with Gasteiger partial charge in [0.2, 0.25) is 5.89 Å². The van der Waals surface area contributed by atoms with Crippen LogP contribution in [0.1, 0.15) is 12.5 Å². The van der Waals surface area contributed by atoms with Crippen LogP contribution in [0.5, 0.6) is 0 Å². The number of nitrogens with zero attached hydrogens (tertiary/aromatic N) is 3. The number of aromatic amines is 1. The summed E-state index contributed by atoms with van der Waals surface area (Å²) >= 11 is 1.27. The zero-order valence-electron chi connectivity index (χ0n) is 13.6. The van der Waals surface area contributed by atoms with E-state index in [-0.39, 0.29) is 5.56 Å². The third kappa shape index (κ3) is 2.42. The highest BCUT2D eigenvalue weighted by molar-refractivity contribution is 7.22. The Hall–Kier alpha value is -3.00. The molecule has 0 aliphatic rings. The Labute approximate surface area is 145 Å². The van der Waals surface area contributed by atoms with Crippen molar-refractivity contribution in [3.8, 4) is 22.2 Å². The highest BCUT2D eigenvalue weighted by Crippen LogP contribution is 2.35. The molecule has 126 valence electrons. The topological polar surface area (TPSA) is 93.8 Å². The molecule has 0 saturated heterocycles. The summed E-state index contributed by atoms with van der Waals surface area (Å²) in [6, 6.07) is 9.45. The average molecular weight is 354 g/mol. The van der Waals surface area contributed by atoms with E-state index in [1.165, 1.54) is 15.9 Å². The van der Waals surface area contributed by atoms with Crippen molar-refractivity contribution in [1.29, 1.82) is 0 Å². The van der Waals surface area contributed by atoms with Gasteiger partial charge in [-0.05, 0) is 31.5 Å². The highest BCUT2D eigenvalue weighted by Gasteiger charge is 2.20. The summed E-state index contributed by atoms with van der Waals surface area (Å²) in [6.45, 7) is 3.89. The highest BCUT2D eigenvalue weighted by atomic mass is 32.1. The number of aromatic nitrogens is 4. The molecule has 1 aromatic carbocycles. The molecule has 0 atom stereocenters. The van der Waals surface area contributed by atoms with Gasteiger partial charge < -0.3 is 4.42 Å². The van der Waals surface area contributed by atoms with Gasteiger partial charge in [0.25, 0.3) is 11.4 Å². The van der Waals surface area contributed by atoms with Crippen LogP contribution in [0, 0.1) is 6.92 Å². The first kappa shape index (κ1) is 15.5. The Balaban J connectivity index is 1.90. The minimum Gasteiger partial charge on any atom is -0.415 e. The molecule has 0 aliphatic heterocycles. The van der Waals surface area contributed by atoms with Crippen molar-refractivity contribution in [1.82, 2.24) is 19.7 Å². The van der Waals surface area contributed by atoms with E-state index >= 15 is 0 Å². The second kappa shape index (κ2) is 5.82. The SMILES string of the molecule is CCn1c(=O)[nH]c2sc(-c3nnc(-c4ccccc4)o3)c(C)c2c1=O. The van der Waals surface area contributed by atoms with Crippen LogP contribution in [0.25, 0.3) is 32.4 Å². The summed E-state index contributed by atoms with van der Waals surface area (Å²) in [5.74, 6) is 0.743. The zero-order chi connectivity index (χ0) is 17.6. The van der Waals surface area contributed by atoms with Gasteiger partial charge in [-0.25, -0.2) is 4.79 Å². The molecule has 0 fully saturated rings. The summed E-state index contributed by atoms with van der Waals surface area (Å²) in [7, 11) is 0. The van der Waals surface area contributed by atoms with E-state index in [1.807, 2.05) is 37.3 Å². The van der Waals surface area contributed by atoms with Crippen molar-refractivity contribution in [2.75, 3.05) is 0 Å². The fourth-order valence-corrected chi connectivity index (χ4v) is 3.86. The fourth-order valence-electron chi connectivity index (χ4n) is 2.75. The van der Waals surface area contributed by atoms with E-state index in [2.05, 4.69) is 15.2 Å². The second-order valence-corrected chi connectivity index (χ2v) is 6.54. The van der Waals surface area contributed by atoms with Crippen LogP contribution in [0.15, 0.2) is 44.3 Å².